The van der Waals surface area contributed by atoms with Gasteiger partial charge in [0.05, 0.1) is 0 Å². The molecule has 4 heteroatoms. The normalized spacial score (nSPS) is 10.0. The van der Waals surface area contributed by atoms with Crippen LogP contribution in [0.25, 0.3) is 0 Å². The van der Waals surface area contributed by atoms with E-state index >= 15 is 0 Å². The number of carbonyl (C=O) groups excluding carboxylic acids is 2. The van der Waals surface area contributed by atoms with E-state index < -0.39 is 0 Å². The molecule has 0 aromatic heterocycles. The molecule has 4 nitrogen and oxygen atoms in total. The summed E-state index contributed by atoms with van der Waals surface area (Å²) in [5.41, 5.74) is 7.77. The van der Waals surface area contributed by atoms with E-state index in [9.17, 15) is 9.59 Å². The van der Waals surface area contributed by atoms with Crippen molar-refractivity contribution in [3.63, 3.8) is 0 Å². The Morgan fingerprint density at radius 2 is 2.06 bits per heavy atom. The van der Waals surface area contributed by atoms with Gasteiger partial charge in [0, 0.05) is 30.6 Å². The summed E-state index contributed by atoms with van der Waals surface area (Å²) in [7, 11) is 0. The molecule has 1 rings (SSSR count). The highest BCUT2D eigenvalue weighted by Gasteiger charge is 2.10. The number of nitrogens with two attached hydrogens (primary N) is 1. The lowest BCUT2D eigenvalue weighted by Gasteiger charge is -2.06. The fourth-order valence-electron chi connectivity index (χ4n) is 1.49. The smallest absolute Gasteiger partial charge is 0.219 e. The molecule has 0 saturated carbocycles. The summed E-state index contributed by atoms with van der Waals surface area (Å²) in [6.45, 7) is 4.05. The second kappa shape index (κ2) is 6.03. The Hall–Kier alpha value is -1.84. The number of anilines is 1. The van der Waals surface area contributed by atoms with Crippen LogP contribution in [0.3, 0.4) is 0 Å². The Balaban J connectivity index is 2.58. The first-order valence-electron chi connectivity index (χ1n) is 5.70. The van der Waals surface area contributed by atoms with Gasteiger partial charge < -0.3 is 11.1 Å². The number of Topliss-reactive ketones (excluding diaryl/α,β-unsaturated/α-hetero) is 1. The van der Waals surface area contributed by atoms with E-state index in [4.69, 9.17) is 5.73 Å². The van der Waals surface area contributed by atoms with Crippen molar-refractivity contribution in [1.82, 2.24) is 5.32 Å². The van der Waals surface area contributed by atoms with Crippen LogP contribution in [-0.2, 0) is 4.79 Å². The molecule has 0 unspecified atom stereocenters. The molecule has 0 aliphatic heterocycles. The number of hydrogen-bond acceptors (Lipinski definition) is 3. The Labute approximate surface area is 101 Å². The van der Waals surface area contributed by atoms with E-state index in [0.717, 1.165) is 5.56 Å². The molecule has 1 aromatic carbocycles. The molecule has 0 radical (unpaired) electrons. The van der Waals surface area contributed by atoms with E-state index in [0.29, 0.717) is 24.2 Å². The largest absolute Gasteiger partial charge is 0.398 e. The van der Waals surface area contributed by atoms with Crippen LogP contribution in [0.2, 0.25) is 0 Å². The molecule has 0 aliphatic rings. The Morgan fingerprint density at radius 3 is 2.71 bits per heavy atom. The summed E-state index contributed by atoms with van der Waals surface area (Å²) in [6.07, 6.45) is 0.708. The maximum Gasteiger partial charge on any atom is 0.219 e. The molecule has 0 atom stereocenters. The highest BCUT2D eigenvalue weighted by molar-refractivity contribution is 6.01. The molecule has 0 spiro atoms. The van der Waals surface area contributed by atoms with Gasteiger partial charge in [-0.15, -0.1) is 0 Å². The molecule has 1 amide bonds. The van der Waals surface area contributed by atoms with Gasteiger partial charge in [0.1, 0.15) is 0 Å². The van der Waals surface area contributed by atoms with E-state index in [1.54, 1.807) is 19.1 Å². The molecule has 0 aliphatic carbocycles. The standard InChI is InChI=1S/C13H18N2O2/c1-3-13(17)15-7-6-12(16)10-8-9(2)4-5-11(10)14/h4-5,8H,3,6-7,14H2,1-2H3,(H,15,17). The lowest BCUT2D eigenvalue weighted by Crippen LogP contribution is -2.25. The molecular formula is C13H18N2O2. The maximum atomic E-state index is 11.9. The summed E-state index contributed by atoms with van der Waals surface area (Å²) in [5, 5.41) is 2.67. The van der Waals surface area contributed by atoms with Crippen LogP contribution in [0, 0.1) is 6.92 Å². The van der Waals surface area contributed by atoms with Gasteiger partial charge in [-0.2, -0.15) is 0 Å². The zero-order chi connectivity index (χ0) is 12.8. The van der Waals surface area contributed by atoms with Crippen LogP contribution in [-0.4, -0.2) is 18.2 Å². The number of hydrogen-bond donors (Lipinski definition) is 2. The summed E-state index contributed by atoms with van der Waals surface area (Å²) < 4.78 is 0. The van der Waals surface area contributed by atoms with Crippen molar-refractivity contribution in [2.75, 3.05) is 12.3 Å². The quantitative estimate of drug-likeness (QED) is 0.601. The van der Waals surface area contributed by atoms with Crippen LogP contribution >= 0.6 is 0 Å². The molecule has 92 valence electrons. The summed E-state index contributed by atoms with van der Waals surface area (Å²) in [6, 6.07) is 5.37. The van der Waals surface area contributed by atoms with Crippen molar-refractivity contribution in [2.24, 2.45) is 0 Å². The zero-order valence-electron chi connectivity index (χ0n) is 10.2. The van der Waals surface area contributed by atoms with Crippen molar-refractivity contribution >= 4 is 17.4 Å². The highest BCUT2D eigenvalue weighted by atomic mass is 16.1. The summed E-state index contributed by atoms with van der Waals surface area (Å²) in [5.74, 6) is -0.0855. The van der Waals surface area contributed by atoms with E-state index in [-0.39, 0.29) is 18.1 Å². The fraction of sp³-hybridized carbons (Fsp3) is 0.385. The predicted molar refractivity (Wildman–Crippen MR) is 67.8 cm³/mol. The average molecular weight is 234 g/mol. The third-order valence-electron chi connectivity index (χ3n) is 2.50. The monoisotopic (exact) mass is 234 g/mol. The number of carbonyl (C=O) groups is 2. The number of aryl methyl sites for hydroxylation is 1. The minimum absolute atomic E-state index is 0.0393. The number of amides is 1. The minimum Gasteiger partial charge on any atom is -0.398 e. The second-order valence-electron chi connectivity index (χ2n) is 3.97. The van der Waals surface area contributed by atoms with Crippen LogP contribution < -0.4 is 11.1 Å². The van der Waals surface area contributed by atoms with Crippen LogP contribution in [0.1, 0.15) is 35.7 Å². The van der Waals surface area contributed by atoms with Gasteiger partial charge in [-0.3, -0.25) is 9.59 Å². The van der Waals surface area contributed by atoms with Gasteiger partial charge in [-0.1, -0.05) is 18.6 Å². The van der Waals surface area contributed by atoms with Gasteiger partial charge in [-0.25, -0.2) is 0 Å². The molecule has 1 aromatic rings. The van der Waals surface area contributed by atoms with Gasteiger partial charge in [0.15, 0.2) is 5.78 Å². The first-order chi connectivity index (χ1) is 8.04. The molecule has 0 saturated heterocycles. The van der Waals surface area contributed by atoms with Gasteiger partial charge in [0.25, 0.3) is 0 Å². The Bertz CT molecular complexity index is 427. The average Bonchev–Trinajstić information content (AvgIpc) is 2.31. The molecular weight excluding hydrogens is 216 g/mol. The first kappa shape index (κ1) is 13.2. The fourth-order valence-corrected chi connectivity index (χ4v) is 1.49. The van der Waals surface area contributed by atoms with Gasteiger partial charge in [0.2, 0.25) is 5.91 Å². The third kappa shape index (κ3) is 3.90. The molecule has 0 bridgehead atoms. The lowest BCUT2D eigenvalue weighted by atomic mass is 10.0. The Morgan fingerprint density at radius 1 is 1.35 bits per heavy atom. The minimum atomic E-state index is -0.0463. The summed E-state index contributed by atoms with van der Waals surface area (Å²) >= 11 is 0. The summed E-state index contributed by atoms with van der Waals surface area (Å²) in [4.78, 5) is 22.9. The van der Waals surface area contributed by atoms with Crippen LogP contribution in [0.15, 0.2) is 18.2 Å². The molecule has 0 fully saturated rings. The van der Waals surface area contributed by atoms with Crippen molar-refractivity contribution < 1.29 is 9.59 Å². The van der Waals surface area contributed by atoms with Crippen LogP contribution in [0.5, 0.6) is 0 Å². The van der Waals surface area contributed by atoms with Crippen LogP contribution in [0.4, 0.5) is 5.69 Å². The number of nitrogen functional groups attached to an aromatic ring is 1. The predicted octanol–water partition coefficient (Wildman–Crippen LogP) is 1.68. The molecule has 17 heavy (non-hydrogen) atoms. The molecule has 0 heterocycles. The second-order valence-corrected chi connectivity index (χ2v) is 3.97. The third-order valence-corrected chi connectivity index (χ3v) is 2.50. The van der Waals surface area contributed by atoms with E-state index in [1.165, 1.54) is 0 Å². The van der Waals surface area contributed by atoms with Crippen molar-refractivity contribution in [3.05, 3.63) is 29.3 Å². The van der Waals surface area contributed by atoms with E-state index in [2.05, 4.69) is 5.32 Å². The Kier molecular flexibility index (Phi) is 4.69. The van der Waals surface area contributed by atoms with E-state index in [1.807, 2.05) is 13.0 Å². The number of ketones is 1. The van der Waals surface area contributed by atoms with Crippen molar-refractivity contribution in [2.45, 2.75) is 26.7 Å². The van der Waals surface area contributed by atoms with Crippen molar-refractivity contribution in [3.8, 4) is 0 Å². The van der Waals surface area contributed by atoms with Crippen molar-refractivity contribution in [1.29, 1.82) is 0 Å². The molecule has 3 N–H and O–H groups in total. The number of benzene rings is 1. The highest BCUT2D eigenvalue weighted by Crippen LogP contribution is 2.15. The lowest BCUT2D eigenvalue weighted by molar-refractivity contribution is -0.120. The SMILES string of the molecule is CCC(=O)NCCC(=O)c1cc(C)ccc1N. The number of rotatable bonds is 5. The topological polar surface area (TPSA) is 72.2 Å². The van der Waals surface area contributed by atoms with Gasteiger partial charge in [-0.05, 0) is 19.1 Å². The zero-order valence-corrected chi connectivity index (χ0v) is 10.2. The first-order valence-corrected chi connectivity index (χ1v) is 5.70. The number of nitrogens with one attached hydrogen (secondary N) is 1. The van der Waals surface area contributed by atoms with Gasteiger partial charge >= 0.3 is 0 Å². The maximum absolute atomic E-state index is 11.9.